The summed E-state index contributed by atoms with van der Waals surface area (Å²) in [6.45, 7) is 5.51. The molecule has 0 aliphatic carbocycles. The van der Waals surface area contributed by atoms with Gasteiger partial charge >= 0.3 is 0 Å². The van der Waals surface area contributed by atoms with Crippen molar-refractivity contribution < 1.29 is 28.8 Å². The predicted octanol–water partition coefficient (Wildman–Crippen LogP) is 2.95. The number of rotatable bonds is 3. The summed E-state index contributed by atoms with van der Waals surface area (Å²) in [6, 6.07) is 9.50. The maximum atomic E-state index is 10.1. The molecular weight excluding hydrogens is 374 g/mol. The highest BCUT2D eigenvalue weighted by molar-refractivity contribution is 5.57. The van der Waals surface area contributed by atoms with E-state index in [4.69, 9.17) is 23.7 Å². The third kappa shape index (κ3) is 3.14. The molecule has 7 heteroatoms. The molecule has 1 fully saturated rings. The van der Waals surface area contributed by atoms with Gasteiger partial charge in [-0.1, -0.05) is 13.0 Å². The van der Waals surface area contributed by atoms with Crippen molar-refractivity contribution in [2.75, 3.05) is 40.2 Å². The summed E-state index contributed by atoms with van der Waals surface area (Å²) in [5, 5.41) is 10.1. The SMILES string of the molecule is COc1cc([C@@H]2c3cc4c(cc3O[C@H](N3CCOCC3)[C@@H]2C)OCO4)ccc1O. The number of hydrogen-bond donors (Lipinski definition) is 1. The van der Waals surface area contributed by atoms with E-state index in [2.05, 4.69) is 11.8 Å². The summed E-state index contributed by atoms with van der Waals surface area (Å²) >= 11 is 0. The summed E-state index contributed by atoms with van der Waals surface area (Å²) in [5.74, 6) is 3.06. The molecule has 3 atom stereocenters. The van der Waals surface area contributed by atoms with E-state index in [1.165, 1.54) is 0 Å². The number of nitrogens with zero attached hydrogens (tertiary/aromatic N) is 1. The molecule has 0 radical (unpaired) electrons. The van der Waals surface area contributed by atoms with Gasteiger partial charge in [0.05, 0.1) is 20.3 Å². The van der Waals surface area contributed by atoms with Crippen LogP contribution in [0, 0.1) is 5.92 Å². The molecule has 29 heavy (non-hydrogen) atoms. The van der Waals surface area contributed by atoms with E-state index in [0.29, 0.717) is 24.7 Å². The lowest BCUT2D eigenvalue weighted by molar-refractivity contribution is -0.0784. The number of aromatic hydroxyl groups is 1. The van der Waals surface area contributed by atoms with Crippen LogP contribution in [-0.4, -0.2) is 56.4 Å². The molecule has 2 aromatic rings. The second-order valence-corrected chi connectivity index (χ2v) is 7.67. The normalized spacial score (nSPS) is 25.9. The van der Waals surface area contributed by atoms with Crippen LogP contribution >= 0.6 is 0 Å². The van der Waals surface area contributed by atoms with Gasteiger partial charge < -0.3 is 28.8 Å². The van der Waals surface area contributed by atoms with Crippen molar-refractivity contribution >= 4 is 0 Å². The first-order chi connectivity index (χ1) is 14.2. The number of ether oxygens (including phenoxy) is 5. The van der Waals surface area contributed by atoms with E-state index in [-0.39, 0.29) is 30.6 Å². The average molecular weight is 399 g/mol. The van der Waals surface area contributed by atoms with Crippen LogP contribution in [0.2, 0.25) is 0 Å². The predicted molar refractivity (Wildman–Crippen MR) is 105 cm³/mol. The molecule has 1 saturated heterocycles. The summed E-state index contributed by atoms with van der Waals surface area (Å²) < 4.78 is 28.6. The van der Waals surface area contributed by atoms with Crippen LogP contribution in [0.5, 0.6) is 28.7 Å². The van der Waals surface area contributed by atoms with Crippen LogP contribution in [0.4, 0.5) is 0 Å². The zero-order chi connectivity index (χ0) is 20.0. The molecule has 2 aromatic carbocycles. The Morgan fingerprint density at radius 1 is 1.03 bits per heavy atom. The fraction of sp³-hybridized carbons (Fsp3) is 0.455. The van der Waals surface area contributed by atoms with Crippen LogP contribution in [0.1, 0.15) is 24.0 Å². The average Bonchev–Trinajstić information content (AvgIpc) is 3.20. The van der Waals surface area contributed by atoms with Gasteiger partial charge in [0.25, 0.3) is 0 Å². The minimum Gasteiger partial charge on any atom is -0.504 e. The van der Waals surface area contributed by atoms with Gasteiger partial charge in [-0.05, 0) is 23.8 Å². The van der Waals surface area contributed by atoms with Crippen LogP contribution in [0.3, 0.4) is 0 Å². The number of hydrogen-bond acceptors (Lipinski definition) is 7. The van der Waals surface area contributed by atoms with Gasteiger partial charge in [0.15, 0.2) is 29.2 Å². The van der Waals surface area contributed by atoms with E-state index in [0.717, 1.165) is 35.7 Å². The Hall–Kier alpha value is -2.64. The maximum Gasteiger partial charge on any atom is 0.231 e. The lowest BCUT2D eigenvalue weighted by Gasteiger charge is -2.44. The number of benzene rings is 2. The van der Waals surface area contributed by atoms with Crippen molar-refractivity contribution in [1.82, 2.24) is 4.90 Å². The van der Waals surface area contributed by atoms with Crippen LogP contribution < -0.4 is 18.9 Å². The van der Waals surface area contributed by atoms with Crippen LogP contribution in [-0.2, 0) is 4.74 Å². The van der Waals surface area contributed by atoms with E-state index < -0.39 is 0 Å². The third-order valence-electron chi connectivity index (χ3n) is 6.03. The van der Waals surface area contributed by atoms with Gasteiger partial charge in [-0.2, -0.15) is 0 Å². The van der Waals surface area contributed by atoms with Gasteiger partial charge in [0.1, 0.15) is 5.75 Å². The van der Waals surface area contributed by atoms with E-state index >= 15 is 0 Å². The Bertz CT molecular complexity index is 910. The Morgan fingerprint density at radius 3 is 2.55 bits per heavy atom. The summed E-state index contributed by atoms with van der Waals surface area (Å²) in [7, 11) is 1.56. The number of phenolic OH excluding ortho intramolecular Hbond substituents is 1. The monoisotopic (exact) mass is 399 g/mol. The van der Waals surface area contributed by atoms with E-state index in [9.17, 15) is 5.11 Å². The van der Waals surface area contributed by atoms with Crippen molar-refractivity contribution in [3.63, 3.8) is 0 Å². The Kier molecular flexibility index (Phi) is 4.64. The molecule has 0 aromatic heterocycles. The molecule has 0 saturated carbocycles. The zero-order valence-electron chi connectivity index (χ0n) is 16.6. The van der Waals surface area contributed by atoms with Gasteiger partial charge in [-0.15, -0.1) is 0 Å². The highest BCUT2D eigenvalue weighted by atomic mass is 16.7. The van der Waals surface area contributed by atoms with Gasteiger partial charge in [-0.3, -0.25) is 4.90 Å². The minimum absolute atomic E-state index is 0.0515. The first-order valence-electron chi connectivity index (χ1n) is 9.94. The van der Waals surface area contributed by atoms with Crippen LogP contribution in [0.25, 0.3) is 0 Å². The quantitative estimate of drug-likeness (QED) is 0.851. The molecule has 0 spiro atoms. The van der Waals surface area contributed by atoms with Gasteiger partial charge in [-0.25, -0.2) is 0 Å². The highest BCUT2D eigenvalue weighted by Gasteiger charge is 2.41. The van der Waals surface area contributed by atoms with Crippen molar-refractivity contribution in [3.05, 3.63) is 41.5 Å². The van der Waals surface area contributed by atoms with Crippen molar-refractivity contribution in [3.8, 4) is 28.7 Å². The summed E-state index contributed by atoms with van der Waals surface area (Å²) in [4.78, 5) is 2.34. The second kappa shape index (κ2) is 7.31. The lowest BCUT2D eigenvalue weighted by Crippen LogP contribution is -2.52. The van der Waals surface area contributed by atoms with Crippen molar-refractivity contribution in [1.29, 1.82) is 0 Å². The largest absolute Gasteiger partial charge is 0.504 e. The van der Waals surface area contributed by atoms with Gasteiger partial charge in [0, 0.05) is 36.6 Å². The third-order valence-corrected chi connectivity index (χ3v) is 6.03. The summed E-state index contributed by atoms with van der Waals surface area (Å²) in [6.07, 6.45) is -0.0865. The molecule has 0 bridgehead atoms. The molecule has 7 nitrogen and oxygen atoms in total. The molecule has 1 N–H and O–H groups in total. The van der Waals surface area contributed by atoms with E-state index in [1.54, 1.807) is 13.2 Å². The van der Waals surface area contributed by atoms with Crippen molar-refractivity contribution in [2.24, 2.45) is 5.92 Å². The Labute approximate surface area is 169 Å². The fourth-order valence-electron chi connectivity index (χ4n) is 4.58. The maximum absolute atomic E-state index is 10.1. The first-order valence-corrected chi connectivity index (χ1v) is 9.94. The minimum atomic E-state index is -0.0865. The molecule has 5 rings (SSSR count). The second-order valence-electron chi connectivity index (χ2n) is 7.67. The van der Waals surface area contributed by atoms with Crippen molar-refractivity contribution in [2.45, 2.75) is 19.1 Å². The molecule has 3 aliphatic heterocycles. The van der Waals surface area contributed by atoms with Crippen LogP contribution in [0.15, 0.2) is 30.3 Å². The molecule has 154 valence electrons. The molecular formula is C22H25NO6. The molecule has 3 heterocycles. The Balaban J connectivity index is 1.61. The fourth-order valence-corrected chi connectivity index (χ4v) is 4.58. The zero-order valence-corrected chi connectivity index (χ0v) is 16.6. The standard InChI is InChI=1S/C22H25NO6/c1-13-21(14-3-4-16(24)18(9-14)25-2)15-10-19-20(28-12-27-19)11-17(15)29-22(13)23-5-7-26-8-6-23/h3-4,9-11,13,21-22,24H,5-8,12H2,1-2H3/t13-,21-,22+/m1/s1. The number of phenols is 1. The Morgan fingerprint density at radius 2 is 1.79 bits per heavy atom. The number of methoxy groups -OCH3 is 1. The molecule has 0 unspecified atom stereocenters. The highest BCUT2D eigenvalue weighted by Crippen LogP contribution is 2.50. The van der Waals surface area contributed by atoms with Gasteiger partial charge in [0.2, 0.25) is 6.79 Å². The lowest BCUT2D eigenvalue weighted by atomic mass is 9.78. The number of morpholine rings is 1. The molecule has 0 amide bonds. The first kappa shape index (κ1) is 18.4. The van der Waals surface area contributed by atoms with E-state index in [1.807, 2.05) is 24.3 Å². The topological polar surface area (TPSA) is 69.6 Å². The molecule has 3 aliphatic rings. The number of fused-ring (bicyclic) bond motifs is 2. The smallest absolute Gasteiger partial charge is 0.231 e. The summed E-state index contributed by atoms with van der Waals surface area (Å²) in [5.41, 5.74) is 2.12.